The predicted molar refractivity (Wildman–Crippen MR) is 105 cm³/mol. The van der Waals surface area contributed by atoms with Crippen molar-refractivity contribution in [2.75, 3.05) is 27.3 Å². The molecule has 0 spiro atoms. The number of piperidine rings is 1. The van der Waals surface area contributed by atoms with E-state index in [1.165, 1.54) is 26.4 Å². The summed E-state index contributed by atoms with van der Waals surface area (Å²) in [7, 11) is -0.888. The minimum absolute atomic E-state index is 0.0422. The molecule has 0 radical (unpaired) electrons. The number of sulfonamides is 1. The van der Waals surface area contributed by atoms with Crippen LogP contribution in [0.25, 0.3) is 0 Å². The molecule has 1 aliphatic heterocycles. The third-order valence-electron chi connectivity index (χ3n) is 4.84. The van der Waals surface area contributed by atoms with Crippen LogP contribution in [0.15, 0.2) is 47.4 Å². The van der Waals surface area contributed by atoms with Crippen LogP contribution < -0.4 is 14.2 Å². The van der Waals surface area contributed by atoms with Gasteiger partial charge in [-0.25, -0.2) is 17.5 Å². The van der Waals surface area contributed by atoms with E-state index >= 15 is 0 Å². The zero-order chi connectivity index (χ0) is 20.1. The Bertz CT molecular complexity index is 920. The number of benzene rings is 2. The molecule has 0 amide bonds. The maximum Gasteiger partial charge on any atom is 0.244 e. The number of rotatable bonds is 7. The van der Waals surface area contributed by atoms with Crippen molar-refractivity contribution in [1.29, 1.82) is 0 Å². The number of nitrogens with one attached hydrogen (secondary N) is 1. The molecule has 1 saturated heterocycles. The van der Waals surface area contributed by atoms with Crippen LogP contribution in [0.2, 0.25) is 0 Å². The molecule has 2 aromatic rings. The number of halogens is 1. The second-order valence-electron chi connectivity index (χ2n) is 6.80. The molecule has 1 aliphatic rings. The molecule has 1 atom stereocenters. The standard InChI is InChI=1S/C20H25FN2O4S/c1-26-17-9-10-19(27-2)20(12-17)28(24,25)22-16-7-5-11-23(14-16)13-15-6-3-4-8-18(15)21/h3-4,6,8-10,12,16,22H,5,7,11,13-14H2,1-2H3/t16-/m0/s1. The summed E-state index contributed by atoms with van der Waals surface area (Å²) in [5.41, 5.74) is 0.612. The molecule has 1 fully saturated rings. The van der Waals surface area contributed by atoms with Gasteiger partial charge in [-0.15, -0.1) is 0 Å². The molecule has 152 valence electrons. The summed E-state index contributed by atoms with van der Waals surface area (Å²) in [6.07, 6.45) is 1.55. The minimum atomic E-state index is -3.80. The fourth-order valence-corrected chi connectivity index (χ4v) is 4.89. The van der Waals surface area contributed by atoms with Crippen molar-refractivity contribution in [3.05, 3.63) is 53.8 Å². The topological polar surface area (TPSA) is 67.9 Å². The van der Waals surface area contributed by atoms with E-state index in [0.29, 0.717) is 24.4 Å². The predicted octanol–water partition coefficient (Wildman–Crippen LogP) is 2.79. The Morgan fingerprint density at radius 3 is 2.68 bits per heavy atom. The van der Waals surface area contributed by atoms with Gasteiger partial charge in [-0.2, -0.15) is 0 Å². The summed E-state index contributed by atoms with van der Waals surface area (Å²) in [5, 5.41) is 0. The minimum Gasteiger partial charge on any atom is -0.497 e. The molecule has 1 N–H and O–H groups in total. The molecule has 2 aromatic carbocycles. The lowest BCUT2D eigenvalue weighted by molar-refractivity contribution is 0.192. The van der Waals surface area contributed by atoms with Gasteiger partial charge in [0.1, 0.15) is 22.2 Å². The SMILES string of the molecule is COc1ccc(OC)c(S(=O)(=O)N[C@H]2CCCN(Cc3ccccc3F)C2)c1. The van der Waals surface area contributed by atoms with E-state index in [4.69, 9.17) is 9.47 Å². The van der Waals surface area contributed by atoms with Gasteiger partial charge in [-0.3, -0.25) is 4.90 Å². The summed E-state index contributed by atoms with van der Waals surface area (Å²) in [6, 6.07) is 11.1. The van der Waals surface area contributed by atoms with Crippen LogP contribution in [0, 0.1) is 5.82 Å². The highest BCUT2D eigenvalue weighted by atomic mass is 32.2. The van der Waals surface area contributed by atoms with Gasteiger partial charge < -0.3 is 9.47 Å². The molecule has 0 aromatic heterocycles. The molecule has 6 nitrogen and oxygen atoms in total. The Morgan fingerprint density at radius 1 is 1.18 bits per heavy atom. The fraction of sp³-hybridized carbons (Fsp3) is 0.400. The van der Waals surface area contributed by atoms with E-state index in [0.717, 1.165) is 19.4 Å². The third kappa shape index (κ3) is 4.81. The Morgan fingerprint density at radius 2 is 1.96 bits per heavy atom. The summed E-state index contributed by atoms with van der Waals surface area (Å²) in [6.45, 7) is 1.77. The molecule has 3 rings (SSSR count). The second kappa shape index (κ2) is 8.89. The average molecular weight is 408 g/mol. The number of hydrogen-bond donors (Lipinski definition) is 1. The smallest absolute Gasteiger partial charge is 0.244 e. The van der Waals surface area contributed by atoms with Crippen molar-refractivity contribution in [2.24, 2.45) is 0 Å². The quantitative estimate of drug-likeness (QED) is 0.763. The van der Waals surface area contributed by atoms with E-state index in [-0.39, 0.29) is 22.5 Å². The highest BCUT2D eigenvalue weighted by molar-refractivity contribution is 7.89. The molecule has 0 unspecified atom stereocenters. The molecule has 1 heterocycles. The van der Waals surface area contributed by atoms with E-state index in [2.05, 4.69) is 9.62 Å². The average Bonchev–Trinajstić information content (AvgIpc) is 2.69. The molecular formula is C20H25FN2O4S. The number of ether oxygens (including phenoxy) is 2. The first-order valence-corrected chi connectivity index (χ1v) is 10.6. The van der Waals surface area contributed by atoms with Crippen molar-refractivity contribution in [2.45, 2.75) is 30.3 Å². The van der Waals surface area contributed by atoms with Crippen LogP contribution in [-0.2, 0) is 16.6 Å². The second-order valence-corrected chi connectivity index (χ2v) is 8.49. The molecule has 0 bridgehead atoms. The van der Waals surface area contributed by atoms with Crippen molar-refractivity contribution < 1.29 is 22.3 Å². The number of methoxy groups -OCH3 is 2. The van der Waals surface area contributed by atoms with E-state index in [1.807, 2.05) is 0 Å². The van der Waals surface area contributed by atoms with E-state index in [9.17, 15) is 12.8 Å². The Balaban J connectivity index is 1.73. The largest absolute Gasteiger partial charge is 0.497 e. The normalized spacial score (nSPS) is 18.0. The maximum atomic E-state index is 13.9. The highest BCUT2D eigenvalue weighted by Gasteiger charge is 2.28. The van der Waals surface area contributed by atoms with Crippen LogP contribution in [0.3, 0.4) is 0 Å². The Hall–Kier alpha value is -2.16. The zero-order valence-electron chi connectivity index (χ0n) is 16.0. The molecular weight excluding hydrogens is 383 g/mol. The van der Waals surface area contributed by atoms with E-state index in [1.54, 1.807) is 30.3 Å². The highest BCUT2D eigenvalue weighted by Crippen LogP contribution is 2.28. The molecule has 0 saturated carbocycles. The van der Waals surface area contributed by atoms with Gasteiger partial charge in [0.05, 0.1) is 14.2 Å². The Kier molecular flexibility index (Phi) is 6.53. The molecule has 8 heteroatoms. The van der Waals surface area contributed by atoms with Crippen molar-refractivity contribution in [3.63, 3.8) is 0 Å². The van der Waals surface area contributed by atoms with Crippen LogP contribution in [0.1, 0.15) is 18.4 Å². The zero-order valence-corrected chi connectivity index (χ0v) is 16.8. The summed E-state index contributed by atoms with van der Waals surface area (Å²) in [5.74, 6) is 0.449. The Labute approximate surface area is 165 Å². The lowest BCUT2D eigenvalue weighted by atomic mass is 10.1. The fourth-order valence-electron chi connectivity index (χ4n) is 3.44. The van der Waals surface area contributed by atoms with Crippen molar-refractivity contribution >= 4 is 10.0 Å². The number of hydrogen-bond acceptors (Lipinski definition) is 5. The summed E-state index contributed by atoms with van der Waals surface area (Å²) in [4.78, 5) is 2.11. The first-order valence-electron chi connectivity index (χ1n) is 9.13. The van der Waals surface area contributed by atoms with Gasteiger partial charge >= 0.3 is 0 Å². The first-order chi connectivity index (χ1) is 13.4. The van der Waals surface area contributed by atoms with Crippen LogP contribution in [0.4, 0.5) is 4.39 Å². The van der Waals surface area contributed by atoms with Crippen LogP contribution >= 0.6 is 0 Å². The lowest BCUT2D eigenvalue weighted by Gasteiger charge is -2.33. The van der Waals surface area contributed by atoms with Crippen LogP contribution in [-0.4, -0.2) is 46.7 Å². The van der Waals surface area contributed by atoms with Gasteiger partial charge in [0.25, 0.3) is 0 Å². The van der Waals surface area contributed by atoms with E-state index < -0.39 is 10.0 Å². The number of likely N-dealkylation sites (tertiary alicyclic amines) is 1. The maximum absolute atomic E-state index is 13.9. The summed E-state index contributed by atoms with van der Waals surface area (Å²) >= 11 is 0. The van der Waals surface area contributed by atoms with Crippen molar-refractivity contribution in [1.82, 2.24) is 9.62 Å². The van der Waals surface area contributed by atoms with Crippen LogP contribution in [0.5, 0.6) is 11.5 Å². The van der Waals surface area contributed by atoms with Gasteiger partial charge in [0.2, 0.25) is 10.0 Å². The molecule has 0 aliphatic carbocycles. The third-order valence-corrected chi connectivity index (χ3v) is 6.38. The first kappa shape index (κ1) is 20.6. The van der Waals surface area contributed by atoms with Gasteiger partial charge in [0.15, 0.2) is 0 Å². The monoisotopic (exact) mass is 408 g/mol. The van der Waals surface area contributed by atoms with Gasteiger partial charge in [-0.05, 0) is 37.6 Å². The lowest BCUT2D eigenvalue weighted by Crippen LogP contribution is -2.47. The summed E-state index contributed by atoms with van der Waals surface area (Å²) < 4.78 is 52.9. The van der Waals surface area contributed by atoms with Crippen molar-refractivity contribution in [3.8, 4) is 11.5 Å². The van der Waals surface area contributed by atoms with Gasteiger partial charge in [-0.1, -0.05) is 18.2 Å². The number of nitrogens with zero attached hydrogens (tertiary/aromatic N) is 1. The van der Waals surface area contributed by atoms with Gasteiger partial charge in [0, 0.05) is 30.8 Å². The molecule has 28 heavy (non-hydrogen) atoms.